The standard InChI is InChI=1S/C65H115NO10/c1-3-5-7-9-11-13-15-29-33-37-41-45-49-53-61(70)74-54-50-46-42-38-34-31-28-26-24-22-20-18-16-17-19-21-23-25-27-30-32-36-40-44-48-52-60(69)66-57(56-75-65-64(73)63(72)62(71)59(55-67)76-65)58(68)51-47-43-39-35-14-12-10-8-6-4-2/h7,9,13-15,17-20,35,47,51,57-59,62-65,67-68,71-73H,3-6,8,10-12,16,21-34,36-46,48-50,52-56H2,1-2H3,(H,66,69)/b9-7-,15-13-,19-17-,20-18-,35-14+,51-47+. The molecule has 6 N–H and O–H groups in total. The highest BCUT2D eigenvalue weighted by Gasteiger charge is 2.44. The van der Waals surface area contributed by atoms with Gasteiger partial charge in [0.25, 0.3) is 0 Å². The first-order valence-corrected chi connectivity index (χ1v) is 31.2. The molecule has 1 amide bonds. The van der Waals surface area contributed by atoms with E-state index in [4.69, 9.17) is 14.2 Å². The molecule has 0 aliphatic carbocycles. The van der Waals surface area contributed by atoms with Crippen LogP contribution < -0.4 is 5.32 Å². The van der Waals surface area contributed by atoms with E-state index in [2.05, 4.69) is 79.9 Å². The second-order valence-electron chi connectivity index (χ2n) is 21.4. The summed E-state index contributed by atoms with van der Waals surface area (Å²) in [6.45, 7) is 4.21. The summed E-state index contributed by atoms with van der Waals surface area (Å²) in [5.41, 5.74) is 0. The number of esters is 1. The first-order chi connectivity index (χ1) is 37.2. The zero-order valence-electron chi connectivity index (χ0n) is 48.4. The number of ether oxygens (including phenoxy) is 3. The van der Waals surface area contributed by atoms with Gasteiger partial charge in [0, 0.05) is 12.8 Å². The zero-order chi connectivity index (χ0) is 55.2. The first-order valence-electron chi connectivity index (χ1n) is 31.2. The van der Waals surface area contributed by atoms with Crippen molar-refractivity contribution in [3.8, 4) is 0 Å². The van der Waals surface area contributed by atoms with Gasteiger partial charge in [-0.05, 0) is 103 Å². The molecule has 1 heterocycles. The molecule has 7 atom stereocenters. The van der Waals surface area contributed by atoms with Gasteiger partial charge in [0.1, 0.15) is 24.4 Å². The van der Waals surface area contributed by atoms with Crippen LogP contribution in [0.1, 0.15) is 264 Å². The molecule has 0 saturated carbocycles. The monoisotopic (exact) mass is 1070 g/mol. The van der Waals surface area contributed by atoms with Gasteiger partial charge in [-0.1, -0.05) is 222 Å². The summed E-state index contributed by atoms with van der Waals surface area (Å²) >= 11 is 0. The lowest BCUT2D eigenvalue weighted by Crippen LogP contribution is -2.60. The number of aliphatic hydroxyl groups is 5. The fourth-order valence-electron chi connectivity index (χ4n) is 9.28. The van der Waals surface area contributed by atoms with E-state index in [0.29, 0.717) is 19.4 Å². The molecule has 1 fully saturated rings. The number of amides is 1. The second kappa shape index (κ2) is 54.1. The van der Waals surface area contributed by atoms with E-state index in [0.717, 1.165) is 96.3 Å². The molecule has 1 rings (SSSR count). The quantitative estimate of drug-likeness (QED) is 0.0195. The second-order valence-corrected chi connectivity index (χ2v) is 21.4. The fourth-order valence-corrected chi connectivity index (χ4v) is 9.28. The van der Waals surface area contributed by atoms with Crippen molar-refractivity contribution < 1.29 is 49.3 Å². The SMILES string of the molecule is CCC/C=C\C/C=C\CCCCCCCC(=O)OCCCCCCCCCCC/C=C\C/C=C\CCCCCCCCCCCC(=O)NC(COC1OC(CO)C(O)C(O)C1O)C(O)/C=C/CC/C=C/CCCCCC. The van der Waals surface area contributed by atoms with Gasteiger partial charge in [-0.25, -0.2) is 0 Å². The van der Waals surface area contributed by atoms with Crippen molar-refractivity contribution in [2.75, 3.05) is 19.8 Å². The summed E-state index contributed by atoms with van der Waals surface area (Å²) in [7, 11) is 0. The molecule has 0 radical (unpaired) electrons. The lowest BCUT2D eigenvalue weighted by molar-refractivity contribution is -0.302. The Hall–Kier alpha value is -2.90. The third-order valence-electron chi connectivity index (χ3n) is 14.2. The first kappa shape index (κ1) is 71.1. The summed E-state index contributed by atoms with van der Waals surface area (Å²) in [4.78, 5) is 25.0. The van der Waals surface area contributed by atoms with Crippen LogP contribution in [0.25, 0.3) is 0 Å². The molecule has 440 valence electrons. The maximum atomic E-state index is 13.0. The van der Waals surface area contributed by atoms with Crippen LogP contribution in [-0.2, 0) is 23.8 Å². The van der Waals surface area contributed by atoms with Crippen LogP contribution in [0.4, 0.5) is 0 Å². The molecule has 0 aromatic heterocycles. The predicted octanol–water partition coefficient (Wildman–Crippen LogP) is 14.8. The Morgan fingerprint density at radius 2 is 0.921 bits per heavy atom. The van der Waals surface area contributed by atoms with Crippen molar-refractivity contribution in [2.24, 2.45) is 0 Å². The van der Waals surface area contributed by atoms with E-state index in [9.17, 15) is 35.1 Å². The molecule has 76 heavy (non-hydrogen) atoms. The third kappa shape index (κ3) is 43.0. The van der Waals surface area contributed by atoms with Crippen molar-refractivity contribution in [1.82, 2.24) is 5.32 Å². The van der Waals surface area contributed by atoms with Crippen molar-refractivity contribution >= 4 is 11.9 Å². The number of carbonyl (C=O) groups is 2. The average Bonchev–Trinajstić information content (AvgIpc) is 3.42. The molecule has 11 nitrogen and oxygen atoms in total. The fraction of sp³-hybridized carbons (Fsp3) is 0.785. The molecule has 0 aromatic rings. The van der Waals surface area contributed by atoms with Gasteiger partial charge in [-0.3, -0.25) is 9.59 Å². The predicted molar refractivity (Wildman–Crippen MR) is 315 cm³/mol. The van der Waals surface area contributed by atoms with Gasteiger partial charge < -0.3 is 45.1 Å². The molecule has 0 aromatic carbocycles. The molecule has 1 saturated heterocycles. The average molecular weight is 1070 g/mol. The topological polar surface area (TPSA) is 175 Å². The van der Waals surface area contributed by atoms with Crippen LogP contribution in [0.5, 0.6) is 0 Å². The maximum absolute atomic E-state index is 13.0. The van der Waals surface area contributed by atoms with Crippen LogP contribution in [-0.4, -0.2) is 100 Å². The van der Waals surface area contributed by atoms with E-state index in [1.807, 2.05) is 6.08 Å². The molecule has 1 aliphatic heterocycles. The molecular weight excluding hydrogens is 955 g/mol. The van der Waals surface area contributed by atoms with Crippen molar-refractivity contribution in [1.29, 1.82) is 0 Å². The van der Waals surface area contributed by atoms with Crippen molar-refractivity contribution in [2.45, 2.75) is 307 Å². The highest BCUT2D eigenvalue weighted by molar-refractivity contribution is 5.76. The zero-order valence-corrected chi connectivity index (χ0v) is 48.4. The van der Waals surface area contributed by atoms with E-state index in [1.165, 1.54) is 141 Å². The molecule has 0 bridgehead atoms. The third-order valence-corrected chi connectivity index (χ3v) is 14.2. The lowest BCUT2D eigenvalue weighted by Gasteiger charge is -2.40. The van der Waals surface area contributed by atoms with E-state index in [-0.39, 0.29) is 18.5 Å². The molecule has 0 spiro atoms. The van der Waals surface area contributed by atoms with Crippen LogP contribution in [0.3, 0.4) is 0 Å². The Morgan fingerprint density at radius 1 is 0.487 bits per heavy atom. The van der Waals surface area contributed by atoms with Gasteiger partial charge in [-0.15, -0.1) is 0 Å². The highest BCUT2D eigenvalue weighted by Crippen LogP contribution is 2.23. The number of aliphatic hydroxyl groups excluding tert-OH is 5. The number of rotatable bonds is 53. The Kier molecular flexibility index (Phi) is 50.6. The smallest absolute Gasteiger partial charge is 0.305 e. The molecular formula is C65H115NO10. The van der Waals surface area contributed by atoms with Gasteiger partial charge in [0.05, 0.1) is 32.0 Å². The Balaban J connectivity index is 2.03. The van der Waals surface area contributed by atoms with Gasteiger partial charge in [0.2, 0.25) is 5.91 Å². The van der Waals surface area contributed by atoms with Crippen LogP contribution in [0.15, 0.2) is 72.9 Å². The van der Waals surface area contributed by atoms with Crippen LogP contribution >= 0.6 is 0 Å². The number of hydrogen-bond acceptors (Lipinski definition) is 10. The van der Waals surface area contributed by atoms with Gasteiger partial charge >= 0.3 is 5.97 Å². The summed E-state index contributed by atoms with van der Waals surface area (Å²) in [5, 5.41) is 54.2. The highest BCUT2D eigenvalue weighted by atomic mass is 16.7. The lowest BCUT2D eigenvalue weighted by atomic mass is 9.99. The Labute approximate surface area is 464 Å². The van der Waals surface area contributed by atoms with Crippen LogP contribution in [0.2, 0.25) is 0 Å². The molecule has 11 heteroatoms. The van der Waals surface area contributed by atoms with Gasteiger partial charge in [0.15, 0.2) is 6.29 Å². The minimum atomic E-state index is -1.58. The van der Waals surface area contributed by atoms with Crippen molar-refractivity contribution in [3.63, 3.8) is 0 Å². The van der Waals surface area contributed by atoms with Crippen LogP contribution in [0, 0.1) is 0 Å². The number of carbonyl (C=O) groups excluding carboxylic acids is 2. The summed E-state index contributed by atoms with van der Waals surface area (Å²) in [5.74, 6) is -0.220. The van der Waals surface area contributed by atoms with E-state index >= 15 is 0 Å². The van der Waals surface area contributed by atoms with E-state index < -0.39 is 49.5 Å². The van der Waals surface area contributed by atoms with E-state index in [1.54, 1.807) is 6.08 Å². The minimum Gasteiger partial charge on any atom is -0.466 e. The number of nitrogens with one attached hydrogen (secondary N) is 1. The summed E-state index contributed by atoms with van der Waals surface area (Å²) in [6.07, 6.45) is 61.6. The maximum Gasteiger partial charge on any atom is 0.305 e. The Morgan fingerprint density at radius 3 is 1.43 bits per heavy atom. The molecule has 7 unspecified atom stereocenters. The normalized spacial score (nSPS) is 19.2. The number of hydrogen-bond donors (Lipinski definition) is 6. The van der Waals surface area contributed by atoms with Crippen molar-refractivity contribution in [3.05, 3.63) is 72.9 Å². The summed E-state index contributed by atoms with van der Waals surface area (Å²) < 4.78 is 16.7. The largest absolute Gasteiger partial charge is 0.466 e. The van der Waals surface area contributed by atoms with Gasteiger partial charge in [-0.2, -0.15) is 0 Å². The Bertz CT molecular complexity index is 1490. The molecule has 1 aliphatic rings. The summed E-state index contributed by atoms with van der Waals surface area (Å²) in [6, 6.07) is -0.833. The number of unbranched alkanes of at least 4 members (excludes halogenated alkanes) is 29. The minimum absolute atomic E-state index is 0.0184. The number of allylic oxidation sites excluding steroid dienone is 11.